The normalized spacial score (nSPS) is 12.4. The van der Waals surface area contributed by atoms with Gasteiger partial charge in [-0.2, -0.15) is 0 Å². The largest absolute Gasteiger partial charge is 0.486 e. The molecule has 0 saturated carbocycles. The van der Waals surface area contributed by atoms with Crippen molar-refractivity contribution in [2.45, 2.75) is 33.4 Å². The number of aromatic nitrogens is 2. The molecule has 1 aliphatic heterocycles. The number of pyridine rings is 2. The van der Waals surface area contributed by atoms with Crippen molar-refractivity contribution in [3.05, 3.63) is 69.1 Å². The molecule has 9 nitrogen and oxygen atoms in total. The quantitative estimate of drug-likeness (QED) is 0.400. The maximum absolute atomic E-state index is 13.2. The van der Waals surface area contributed by atoms with Crippen LogP contribution in [0.3, 0.4) is 0 Å². The first kappa shape index (κ1) is 23.0. The summed E-state index contributed by atoms with van der Waals surface area (Å²) in [4.78, 5) is 32.7. The van der Waals surface area contributed by atoms with E-state index < -0.39 is 5.91 Å². The molecule has 0 unspecified atom stereocenters. The van der Waals surface area contributed by atoms with Crippen LogP contribution in [-0.2, 0) is 6.54 Å². The molecule has 0 atom stereocenters. The Morgan fingerprint density at radius 3 is 2.68 bits per heavy atom. The SMILES string of the molecule is Cc1cc[nH]c(=O)c1CNC(=O)c1cc(-c2ccc3c(c2)OCCO3)nc(NC(C)C)c1C=N. The van der Waals surface area contributed by atoms with E-state index >= 15 is 0 Å². The van der Waals surface area contributed by atoms with Crippen LogP contribution >= 0.6 is 0 Å². The fourth-order valence-corrected chi connectivity index (χ4v) is 3.72. The van der Waals surface area contributed by atoms with Crippen LogP contribution in [0.2, 0.25) is 0 Å². The van der Waals surface area contributed by atoms with Gasteiger partial charge in [0.25, 0.3) is 11.5 Å². The molecule has 9 heteroatoms. The van der Waals surface area contributed by atoms with Crippen molar-refractivity contribution in [2.24, 2.45) is 0 Å². The summed E-state index contributed by atoms with van der Waals surface area (Å²) in [6.45, 7) is 6.74. The van der Waals surface area contributed by atoms with E-state index in [2.05, 4.69) is 15.6 Å². The zero-order valence-electron chi connectivity index (χ0n) is 19.3. The van der Waals surface area contributed by atoms with E-state index in [-0.39, 0.29) is 23.7 Å². The zero-order chi connectivity index (χ0) is 24.2. The molecule has 4 N–H and O–H groups in total. The topological polar surface area (TPSA) is 129 Å². The number of carbonyl (C=O) groups excluding carboxylic acids is 1. The van der Waals surface area contributed by atoms with Crippen molar-refractivity contribution in [1.82, 2.24) is 15.3 Å². The second-order valence-electron chi connectivity index (χ2n) is 8.27. The van der Waals surface area contributed by atoms with Crippen molar-refractivity contribution >= 4 is 17.9 Å². The Bertz CT molecular complexity index is 1300. The number of anilines is 1. The summed E-state index contributed by atoms with van der Waals surface area (Å²) in [5, 5.41) is 14.0. The summed E-state index contributed by atoms with van der Waals surface area (Å²) < 4.78 is 11.3. The van der Waals surface area contributed by atoms with E-state index in [9.17, 15) is 9.59 Å². The summed E-state index contributed by atoms with van der Waals surface area (Å²) in [5.41, 5.74) is 2.95. The number of ether oxygens (including phenoxy) is 2. The summed E-state index contributed by atoms with van der Waals surface area (Å²) in [6, 6.07) is 8.96. The van der Waals surface area contributed by atoms with Crippen molar-refractivity contribution in [3.8, 4) is 22.8 Å². The highest BCUT2D eigenvalue weighted by atomic mass is 16.6. The van der Waals surface area contributed by atoms with Gasteiger partial charge in [-0.05, 0) is 56.7 Å². The standard InChI is InChI=1S/C25H27N5O4/c1-14(2)29-23-18(12-26)17(24(31)28-13-19-15(3)6-7-27-25(19)32)11-20(30-23)16-4-5-21-22(10-16)34-9-8-33-21/h4-7,10-12,14,26H,8-9,13H2,1-3H3,(H,27,32)(H,28,31)(H,29,30). The van der Waals surface area contributed by atoms with Crippen LogP contribution < -0.4 is 25.7 Å². The molecule has 0 aliphatic carbocycles. The Labute approximate surface area is 197 Å². The van der Waals surface area contributed by atoms with Gasteiger partial charge in [0.2, 0.25) is 0 Å². The molecule has 1 aliphatic rings. The average molecular weight is 462 g/mol. The van der Waals surface area contributed by atoms with Gasteiger partial charge in [-0.3, -0.25) is 9.59 Å². The van der Waals surface area contributed by atoms with Gasteiger partial charge in [0.05, 0.1) is 11.3 Å². The number of benzene rings is 1. The van der Waals surface area contributed by atoms with Gasteiger partial charge in [0.15, 0.2) is 11.5 Å². The molecule has 0 saturated heterocycles. The summed E-state index contributed by atoms with van der Waals surface area (Å²) in [5.74, 6) is 1.29. The molecule has 3 aromatic rings. The molecule has 0 radical (unpaired) electrons. The molecule has 4 rings (SSSR count). The summed E-state index contributed by atoms with van der Waals surface area (Å²) in [6.07, 6.45) is 2.68. The van der Waals surface area contributed by atoms with Gasteiger partial charge in [-0.15, -0.1) is 0 Å². The van der Waals surface area contributed by atoms with Gasteiger partial charge in [-0.25, -0.2) is 4.98 Å². The highest BCUT2D eigenvalue weighted by Crippen LogP contribution is 2.35. The number of rotatable bonds is 7. The number of H-pyrrole nitrogens is 1. The molecule has 1 amide bonds. The van der Waals surface area contributed by atoms with Crippen molar-refractivity contribution in [3.63, 3.8) is 0 Å². The van der Waals surface area contributed by atoms with E-state index in [1.54, 1.807) is 18.3 Å². The molecule has 0 spiro atoms. The van der Waals surface area contributed by atoms with E-state index in [0.717, 1.165) is 17.3 Å². The number of nitrogens with zero attached hydrogens (tertiary/aromatic N) is 1. The number of aryl methyl sites for hydroxylation is 1. The van der Waals surface area contributed by atoms with Crippen LogP contribution in [-0.4, -0.2) is 41.3 Å². The fourth-order valence-electron chi connectivity index (χ4n) is 3.72. The third-order valence-corrected chi connectivity index (χ3v) is 5.43. The lowest BCUT2D eigenvalue weighted by atomic mass is 10.0. The Morgan fingerprint density at radius 1 is 1.21 bits per heavy atom. The van der Waals surface area contributed by atoms with E-state index in [4.69, 9.17) is 19.9 Å². The molecule has 34 heavy (non-hydrogen) atoms. The smallest absolute Gasteiger partial charge is 0.253 e. The first-order chi connectivity index (χ1) is 16.4. The fraction of sp³-hybridized carbons (Fsp3) is 0.280. The predicted octanol–water partition coefficient (Wildman–Crippen LogP) is 3.26. The maximum atomic E-state index is 13.2. The van der Waals surface area contributed by atoms with Crippen LogP contribution in [0.15, 0.2) is 41.3 Å². The van der Waals surface area contributed by atoms with Crippen LogP contribution in [0.25, 0.3) is 11.3 Å². The van der Waals surface area contributed by atoms with Crippen molar-refractivity contribution < 1.29 is 14.3 Å². The van der Waals surface area contributed by atoms with Gasteiger partial charge in [0, 0.05) is 41.7 Å². The third kappa shape index (κ3) is 4.78. The van der Waals surface area contributed by atoms with E-state index in [0.29, 0.717) is 47.4 Å². The predicted molar refractivity (Wildman–Crippen MR) is 130 cm³/mol. The van der Waals surface area contributed by atoms with Gasteiger partial charge in [-0.1, -0.05) is 0 Å². The molecular formula is C25H27N5O4. The molecule has 0 fully saturated rings. The summed E-state index contributed by atoms with van der Waals surface area (Å²) >= 11 is 0. The average Bonchev–Trinajstić information content (AvgIpc) is 2.82. The number of hydrogen-bond donors (Lipinski definition) is 4. The van der Waals surface area contributed by atoms with Gasteiger partial charge < -0.3 is 30.5 Å². The Kier molecular flexibility index (Phi) is 6.62. The second kappa shape index (κ2) is 9.78. The monoisotopic (exact) mass is 461 g/mol. The maximum Gasteiger partial charge on any atom is 0.253 e. The van der Waals surface area contributed by atoms with Crippen molar-refractivity contribution in [2.75, 3.05) is 18.5 Å². The van der Waals surface area contributed by atoms with Gasteiger partial charge >= 0.3 is 0 Å². The Balaban J connectivity index is 1.74. The number of amides is 1. The van der Waals surface area contributed by atoms with Crippen LogP contribution in [0.1, 0.15) is 40.9 Å². The van der Waals surface area contributed by atoms with Crippen molar-refractivity contribution in [1.29, 1.82) is 5.41 Å². The lowest BCUT2D eigenvalue weighted by Gasteiger charge is -2.20. The molecule has 2 aromatic heterocycles. The number of hydrogen-bond acceptors (Lipinski definition) is 7. The Hall–Kier alpha value is -4.14. The number of fused-ring (bicyclic) bond motifs is 1. The lowest BCUT2D eigenvalue weighted by Crippen LogP contribution is -2.29. The van der Waals surface area contributed by atoms with Crippen LogP contribution in [0.4, 0.5) is 5.82 Å². The minimum absolute atomic E-state index is 0.0307. The zero-order valence-corrected chi connectivity index (χ0v) is 19.3. The van der Waals surface area contributed by atoms with Crippen LogP contribution in [0, 0.1) is 12.3 Å². The first-order valence-electron chi connectivity index (χ1n) is 11.0. The van der Waals surface area contributed by atoms with E-state index in [1.165, 1.54) is 0 Å². The number of nitrogens with one attached hydrogen (secondary N) is 4. The molecule has 0 bridgehead atoms. The summed E-state index contributed by atoms with van der Waals surface area (Å²) in [7, 11) is 0. The highest BCUT2D eigenvalue weighted by Gasteiger charge is 2.20. The minimum atomic E-state index is -0.408. The number of aromatic amines is 1. The van der Waals surface area contributed by atoms with Crippen LogP contribution in [0.5, 0.6) is 11.5 Å². The lowest BCUT2D eigenvalue weighted by molar-refractivity contribution is 0.0950. The molecule has 1 aromatic carbocycles. The Morgan fingerprint density at radius 2 is 1.97 bits per heavy atom. The first-order valence-corrected chi connectivity index (χ1v) is 11.0. The van der Waals surface area contributed by atoms with Gasteiger partial charge in [0.1, 0.15) is 19.0 Å². The van der Waals surface area contributed by atoms with E-state index in [1.807, 2.05) is 39.0 Å². The highest BCUT2D eigenvalue weighted by molar-refractivity contribution is 6.05. The molecular weight excluding hydrogens is 434 g/mol. The second-order valence-corrected chi connectivity index (χ2v) is 8.27. The molecule has 176 valence electrons. The third-order valence-electron chi connectivity index (χ3n) is 5.43. The minimum Gasteiger partial charge on any atom is -0.486 e. The number of carbonyl (C=O) groups is 1. The molecule has 3 heterocycles.